The summed E-state index contributed by atoms with van der Waals surface area (Å²) >= 11 is 0. The average molecular weight is 339 g/mol. The van der Waals surface area contributed by atoms with E-state index in [1.54, 1.807) is 0 Å². The van der Waals surface area contributed by atoms with Crippen molar-refractivity contribution in [1.82, 2.24) is 0 Å². The molecule has 0 heterocycles. The zero-order valence-corrected chi connectivity index (χ0v) is 13.4. The Bertz CT molecular complexity index is 637. The number of nitro groups is 1. The SMILES string of the molecule is CCOC(=O)C(C(=O)OCC)C(=O)c1ccc(OC)cc1[N+](=O)[O-]. The lowest BCUT2D eigenvalue weighted by Crippen LogP contribution is -2.35. The lowest BCUT2D eigenvalue weighted by Gasteiger charge is -2.13. The zero-order valence-electron chi connectivity index (χ0n) is 13.4. The molecule has 0 atom stereocenters. The highest BCUT2D eigenvalue weighted by Gasteiger charge is 2.40. The fraction of sp³-hybridized carbons (Fsp3) is 0.400. The first-order valence-electron chi connectivity index (χ1n) is 7.07. The minimum Gasteiger partial charge on any atom is -0.497 e. The van der Waals surface area contributed by atoms with Crippen LogP contribution in [0.25, 0.3) is 0 Å². The van der Waals surface area contributed by atoms with Gasteiger partial charge in [-0.1, -0.05) is 0 Å². The predicted molar refractivity (Wildman–Crippen MR) is 80.7 cm³/mol. The lowest BCUT2D eigenvalue weighted by atomic mass is 9.96. The number of carbonyl (C=O) groups is 3. The monoisotopic (exact) mass is 339 g/mol. The number of ketones is 1. The Kier molecular flexibility index (Phi) is 6.84. The molecule has 9 heteroatoms. The second-order valence-electron chi connectivity index (χ2n) is 4.44. The van der Waals surface area contributed by atoms with E-state index in [4.69, 9.17) is 14.2 Å². The molecule has 9 nitrogen and oxygen atoms in total. The number of hydrogen-bond acceptors (Lipinski definition) is 8. The summed E-state index contributed by atoms with van der Waals surface area (Å²) in [7, 11) is 1.31. The second-order valence-corrected chi connectivity index (χ2v) is 4.44. The van der Waals surface area contributed by atoms with Gasteiger partial charge in [-0.05, 0) is 26.0 Å². The smallest absolute Gasteiger partial charge is 0.328 e. The minimum absolute atomic E-state index is 0.0628. The molecule has 0 N–H and O–H groups in total. The van der Waals surface area contributed by atoms with Crippen LogP contribution >= 0.6 is 0 Å². The molecule has 0 bridgehead atoms. The molecular formula is C15H17NO8. The lowest BCUT2D eigenvalue weighted by molar-refractivity contribution is -0.385. The van der Waals surface area contributed by atoms with Crippen LogP contribution in [0.15, 0.2) is 18.2 Å². The van der Waals surface area contributed by atoms with E-state index in [1.807, 2.05) is 0 Å². The molecule has 0 saturated carbocycles. The van der Waals surface area contributed by atoms with E-state index in [1.165, 1.54) is 27.0 Å². The maximum absolute atomic E-state index is 12.6. The fourth-order valence-electron chi connectivity index (χ4n) is 1.91. The summed E-state index contributed by atoms with van der Waals surface area (Å²) in [6.07, 6.45) is 0. The molecule has 1 aromatic carbocycles. The summed E-state index contributed by atoms with van der Waals surface area (Å²) in [5.74, 6) is -5.07. The van der Waals surface area contributed by atoms with Crippen LogP contribution in [-0.4, -0.2) is 43.0 Å². The van der Waals surface area contributed by atoms with Crippen LogP contribution in [0.1, 0.15) is 24.2 Å². The van der Waals surface area contributed by atoms with Crippen molar-refractivity contribution in [3.8, 4) is 5.75 Å². The number of carbonyl (C=O) groups excluding carboxylic acids is 3. The molecule has 0 aromatic heterocycles. The summed E-state index contributed by atoms with van der Waals surface area (Å²) in [5, 5.41) is 11.2. The van der Waals surface area contributed by atoms with Crippen LogP contribution in [0.5, 0.6) is 5.75 Å². The standard InChI is InChI=1S/C15H17NO8/c1-4-23-14(18)12(15(19)24-5-2)13(17)10-7-6-9(22-3)8-11(10)16(20)21/h6-8,12H,4-5H2,1-3H3. The number of Topliss-reactive ketones (excluding diaryl/α,β-unsaturated/α-hetero) is 1. The van der Waals surface area contributed by atoms with Crippen LogP contribution in [0.3, 0.4) is 0 Å². The van der Waals surface area contributed by atoms with Crippen molar-refractivity contribution < 1.29 is 33.5 Å². The number of ether oxygens (including phenoxy) is 3. The normalized spacial score (nSPS) is 10.2. The van der Waals surface area contributed by atoms with E-state index in [-0.39, 0.29) is 19.0 Å². The summed E-state index contributed by atoms with van der Waals surface area (Å²) < 4.78 is 14.3. The van der Waals surface area contributed by atoms with Gasteiger partial charge in [0.25, 0.3) is 5.69 Å². The number of rotatable bonds is 8. The van der Waals surface area contributed by atoms with Gasteiger partial charge in [-0.3, -0.25) is 24.5 Å². The van der Waals surface area contributed by atoms with Gasteiger partial charge in [-0.25, -0.2) is 0 Å². The van der Waals surface area contributed by atoms with Crippen LogP contribution in [-0.2, 0) is 19.1 Å². The molecule has 130 valence electrons. The van der Waals surface area contributed by atoms with Crippen LogP contribution in [0, 0.1) is 16.0 Å². The number of methoxy groups -OCH3 is 1. The van der Waals surface area contributed by atoms with Gasteiger partial charge in [-0.15, -0.1) is 0 Å². The molecule has 0 amide bonds. The highest BCUT2D eigenvalue weighted by atomic mass is 16.6. The molecule has 0 saturated heterocycles. The van der Waals surface area contributed by atoms with Crippen molar-refractivity contribution in [1.29, 1.82) is 0 Å². The van der Waals surface area contributed by atoms with Crippen molar-refractivity contribution in [2.45, 2.75) is 13.8 Å². The van der Waals surface area contributed by atoms with Crippen LogP contribution in [0.4, 0.5) is 5.69 Å². The Morgan fingerprint density at radius 2 is 1.67 bits per heavy atom. The largest absolute Gasteiger partial charge is 0.497 e. The molecule has 0 aliphatic rings. The first-order chi connectivity index (χ1) is 11.4. The first kappa shape index (κ1) is 19.1. The third-order valence-corrected chi connectivity index (χ3v) is 2.97. The highest BCUT2D eigenvalue weighted by molar-refractivity contribution is 6.22. The number of nitrogens with zero attached hydrogens (tertiary/aromatic N) is 1. The Morgan fingerprint density at radius 3 is 2.08 bits per heavy atom. The maximum Gasteiger partial charge on any atom is 0.328 e. The number of nitro benzene ring substituents is 1. The number of benzene rings is 1. The van der Waals surface area contributed by atoms with Gasteiger partial charge in [0.2, 0.25) is 5.92 Å². The number of esters is 2. The van der Waals surface area contributed by atoms with E-state index < -0.39 is 39.8 Å². The van der Waals surface area contributed by atoms with Gasteiger partial charge in [0, 0.05) is 0 Å². The second kappa shape index (κ2) is 8.61. The van der Waals surface area contributed by atoms with Crippen molar-refractivity contribution in [2.75, 3.05) is 20.3 Å². The van der Waals surface area contributed by atoms with Crippen molar-refractivity contribution in [3.63, 3.8) is 0 Å². The molecule has 1 aromatic rings. The molecule has 0 radical (unpaired) electrons. The molecular weight excluding hydrogens is 322 g/mol. The molecule has 0 aliphatic heterocycles. The van der Waals surface area contributed by atoms with E-state index >= 15 is 0 Å². The van der Waals surface area contributed by atoms with Gasteiger partial charge in [0.05, 0.1) is 36.9 Å². The summed E-state index contributed by atoms with van der Waals surface area (Å²) in [6, 6.07) is 3.46. The first-order valence-corrected chi connectivity index (χ1v) is 7.07. The topological polar surface area (TPSA) is 122 Å². The fourth-order valence-corrected chi connectivity index (χ4v) is 1.91. The van der Waals surface area contributed by atoms with Crippen LogP contribution < -0.4 is 4.74 Å². The van der Waals surface area contributed by atoms with E-state index in [0.29, 0.717) is 0 Å². The third-order valence-electron chi connectivity index (χ3n) is 2.97. The molecule has 0 spiro atoms. The van der Waals surface area contributed by atoms with Crippen molar-refractivity contribution >= 4 is 23.4 Å². The van der Waals surface area contributed by atoms with Crippen LogP contribution in [0.2, 0.25) is 0 Å². The molecule has 0 aliphatic carbocycles. The zero-order chi connectivity index (χ0) is 18.3. The number of hydrogen-bond donors (Lipinski definition) is 0. The Labute approximate surface area is 137 Å². The predicted octanol–water partition coefficient (Wildman–Crippen LogP) is 1.53. The minimum atomic E-state index is -1.92. The van der Waals surface area contributed by atoms with E-state index in [9.17, 15) is 24.5 Å². The summed E-state index contributed by atoms with van der Waals surface area (Å²) in [5.41, 5.74) is -0.996. The maximum atomic E-state index is 12.6. The molecule has 24 heavy (non-hydrogen) atoms. The Balaban J connectivity index is 3.34. The molecule has 1 rings (SSSR count). The highest BCUT2D eigenvalue weighted by Crippen LogP contribution is 2.27. The van der Waals surface area contributed by atoms with Gasteiger partial charge in [0.1, 0.15) is 5.75 Å². The Hall–Kier alpha value is -2.97. The van der Waals surface area contributed by atoms with Crippen molar-refractivity contribution in [2.24, 2.45) is 5.92 Å². The van der Waals surface area contributed by atoms with E-state index in [2.05, 4.69) is 0 Å². The molecule has 0 fully saturated rings. The van der Waals surface area contributed by atoms with Crippen molar-refractivity contribution in [3.05, 3.63) is 33.9 Å². The van der Waals surface area contributed by atoms with Gasteiger partial charge in [-0.2, -0.15) is 0 Å². The van der Waals surface area contributed by atoms with E-state index in [0.717, 1.165) is 12.1 Å². The molecule has 0 unspecified atom stereocenters. The van der Waals surface area contributed by atoms with Gasteiger partial charge >= 0.3 is 11.9 Å². The average Bonchev–Trinajstić information content (AvgIpc) is 2.54. The van der Waals surface area contributed by atoms with Gasteiger partial charge < -0.3 is 14.2 Å². The Morgan fingerprint density at radius 1 is 1.12 bits per heavy atom. The van der Waals surface area contributed by atoms with Gasteiger partial charge in [0.15, 0.2) is 5.78 Å². The quantitative estimate of drug-likeness (QED) is 0.230. The summed E-state index contributed by atoms with van der Waals surface area (Å²) in [6.45, 7) is 2.88. The summed E-state index contributed by atoms with van der Waals surface area (Å²) in [4.78, 5) is 46.8. The third kappa shape index (κ3) is 4.28.